The summed E-state index contributed by atoms with van der Waals surface area (Å²) in [4.78, 5) is 24.7. The Kier molecular flexibility index (Phi) is 3.22. The molecule has 0 unspecified atom stereocenters. The van der Waals surface area contributed by atoms with Crippen molar-refractivity contribution in [3.05, 3.63) is 35.2 Å². The van der Waals surface area contributed by atoms with Crippen LogP contribution in [0.25, 0.3) is 10.1 Å². The summed E-state index contributed by atoms with van der Waals surface area (Å²) in [5.41, 5.74) is 4.63. The predicted molar refractivity (Wildman–Crippen MR) is 79.7 cm³/mol. The lowest BCUT2D eigenvalue weighted by atomic mass is 9.96. The van der Waals surface area contributed by atoms with Crippen molar-refractivity contribution in [3.63, 3.8) is 0 Å². The van der Waals surface area contributed by atoms with Gasteiger partial charge >= 0.3 is 0 Å². The quantitative estimate of drug-likeness (QED) is 0.910. The zero-order valence-electron chi connectivity index (χ0n) is 11.0. The molecule has 104 valence electrons. The molecule has 0 saturated heterocycles. The van der Waals surface area contributed by atoms with E-state index in [0.29, 0.717) is 17.7 Å². The Hall–Kier alpha value is -1.88. The maximum absolute atomic E-state index is 12.4. The minimum Gasteiger partial charge on any atom is -0.368 e. The van der Waals surface area contributed by atoms with Crippen LogP contribution in [-0.4, -0.2) is 17.4 Å². The lowest BCUT2D eigenvalue weighted by Gasteiger charge is -2.26. The normalized spacial score (nSPS) is 17.2. The number of primary amides is 1. The van der Waals surface area contributed by atoms with Gasteiger partial charge in [0.25, 0.3) is 5.91 Å². The minimum absolute atomic E-state index is 0.202. The third-order valence-corrected chi connectivity index (χ3v) is 5.05. The van der Waals surface area contributed by atoms with Gasteiger partial charge in [-0.05, 0) is 30.4 Å². The van der Waals surface area contributed by atoms with Gasteiger partial charge in [0.1, 0.15) is 5.54 Å². The van der Waals surface area contributed by atoms with E-state index in [-0.39, 0.29) is 5.91 Å². The van der Waals surface area contributed by atoms with E-state index in [1.165, 1.54) is 11.3 Å². The number of nitrogens with two attached hydrogens (primary N) is 1. The Labute approximate surface area is 121 Å². The maximum atomic E-state index is 12.4. The van der Waals surface area contributed by atoms with Crippen molar-refractivity contribution in [2.24, 2.45) is 5.73 Å². The van der Waals surface area contributed by atoms with E-state index in [2.05, 4.69) is 5.32 Å². The Morgan fingerprint density at radius 1 is 1.20 bits per heavy atom. The third-order valence-electron chi connectivity index (χ3n) is 3.93. The van der Waals surface area contributed by atoms with Gasteiger partial charge < -0.3 is 11.1 Å². The average Bonchev–Trinajstić information content (AvgIpc) is 3.05. The Morgan fingerprint density at radius 3 is 2.55 bits per heavy atom. The van der Waals surface area contributed by atoms with Crippen LogP contribution in [0.15, 0.2) is 30.3 Å². The molecule has 2 aromatic rings. The van der Waals surface area contributed by atoms with Crippen LogP contribution < -0.4 is 11.1 Å². The monoisotopic (exact) mass is 288 g/mol. The topological polar surface area (TPSA) is 72.2 Å². The molecule has 20 heavy (non-hydrogen) atoms. The molecule has 1 aliphatic carbocycles. The summed E-state index contributed by atoms with van der Waals surface area (Å²) in [7, 11) is 0. The zero-order valence-corrected chi connectivity index (χ0v) is 11.8. The van der Waals surface area contributed by atoms with Crippen molar-refractivity contribution in [2.45, 2.75) is 31.2 Å². The van der Waals surface area contributed by atoms with Gasteiger partial charge in [0, 0.05) is 4.70 Å². The number of thiophene rings is 1. The van der Waals surface area contributed by atoms with Gasteiger partial charge in [0.15, 0.2) is 0 Å². The summed E-state index contributed by atoms with van der Waals surface area (Å²) < 4.78 is 1.07. The first kappa shape index (κ1) is 13.1. The summed E-state index contributed by atoms with van der Waals surface area (Å²) in [6.45, 7) is 0. The van der Waals surface area contributed by atoms with E-state index >= 15 is 0 Å². The molecule has 1 heterocycles. The highest BCUT2D eigenvalue weighted by atomic mass is 32.1. The first-order valence-corrected chi connectivity index (χ1v) is 7.53. The van der Waals surface area contributed by atoms with Crippen molar-refractivity contribution >= 4 is 33.2 Å². The maximum Gasteiger partial charge on any atom is 0.262 e. The van der Waals surface area contributed by atoms with Gasteiger partial charge in [0.05, 0.1) is 4.88 Å². The predicted octanol–water partition coefficient (Wildman–Crippen LogP) is 2.43. The van der Waals surface area contributed by atoms with E-state index in [0.717, 1.165) is 22.9 Å². The molecule has 5 heteroatoms. The molecule has 0 atom stereocenters. The van der Waals surface area contributed by atoms with E-state index < -0.39 is 11.4 Å². The van der Waals surface area contributed by atoms with Crippen LogP contribution in [-0.2, 0) is 4.79 Å². The summed E-state index contributed by atoms with van der Waals surface area (Å²) in [5.74, 6) is -0.628. The molecule has 3 rings (SSSR count). The van der Waals surface area contributed by atoms with E-state index in [9.17, 15) is 9.59 Å². The van der Waals surface area contributed by atoms with Crippen molar-refractivity contribution in [1.29, 1.82) is 0 Å². The third kappa shape index (κ3) is 2.18. The number of fused-ring (bicyclic) bond motifs is 1. The van der Waals surface area contributed by atoms with Gasteiger partial charge in [-0.1, -0.05) is 31.0 Å². The number of carbonyl (C=O) groups is 2. The van der Waals surface area contributed by atoms with Crippen LogP contribution >= 0.6 is 11.3 Å². The van der Waals surface area contributed by atoms with Crippen LogP contribution in [0.2, 0.25) is 0 Å². The van der Waals surface area contributed by atoms with Gasteiger partial charge in [0.2, 0.25) is 5.91 Å². The molecule has 0 aliphatic heterocycles. The number of benzene rings is 1. The van der Waals surface area contributed by atoms with Crippen LogP contribution in [0, 0.1) is 0 Å². The minimum atomic E-state index is -0.854. The first-order chi connectivity index (χ1) is 9.61. The van der Waals surface area contributed by atoms with Crippen molar-refractivity contribution in [2.75, 3.05) is 0 Å². The van der Waals surface area contributed by atoms with Crippen LogP contribution in [0.3, 0.4) is 0 Å². The molecule has 0 radical (unpaired) electrons. The summed E-state index contributed by atoms with van der Waals surface area (Å²) in [5, 5.41) is 3.91. The first-order valence-electron chi connectivity index (χ1n) is 6.72. The molecule has 1 aromatic heterocycles. The lowest BCUT2D eigenvalue weighted by Crippen LogP contribution is -2.55. The molecule has 1 saturated carbocycles. The van der Waals surface area contributed by atoms with E-state index in [1.807, 2.05) is 30.3 Å². The highest BCUT2D eigenvalue weighted by molar-refractivity contribution is 7.20. The van der Waals surface area contributed by atoms with Crippen molar-refractivity contribution in [1.82, 2.24) is 5.32 Å². The summed E-state index contributed by atoms with van der Waals surface area (Å²) in [6.07, 6.45) is 3.13. The number of hydrogen-bond acceptors (Lipinski definition) is 3. The smallest absolute Gasteiger partial charge is 0.262 e. The Morgan fingerprint density at radius 2 is 1.90 bits per heavy atom. The molecule has 1 fully saturated rings. The molecule has 2 amide bonds. The molecule has 1 aliphatic rings. The largest absolute Gasteiger partial charge is 0.368 e. The van der Waals surface area contributed by atoms with Crippen molar-refractivity contribution in [3.8, 4) is 0 Å². The molecular weight excluding hydrogens is 272 g/mol. The fraction of sp³-hybridized carbons (Fsp3) is 0.333. The van der Waals surface area contributed by atoms with Crippen LogP contribution in [0.4, 0.5) is 0 Å². The highest BCUT2D eigenvalue weighted by Crippen LogP contribution is 2.31. The molecule has 0 bridgehead atoms. The second-order valence-electron chi connectivity index (χ2n) is 5.26. The zero-order chi connectivity index (χ0) is 14.2. The second kappa shape index (κ2) is 4.90. The van der Waals surface area contributed by atoms with Gasteiger partial charge in [-0.2, -0.15) is 0 Å². The number of hydrogen-bond donors (Lipinski definition) is 2. The van der Waals surface area contributed by atoms with Crippen LogP contribution in [0.1, 0.15) is 35.4 Å². The lowest BCUT2D eigenvalue weighted by molar-refractivity contribution is -0.123. The fourth-order valence-electron chi connectivity index (χ4n) is 2.78. The summed E-state index contributed by atoms with van der Waals surface area (Å²) >= 11 is 1.44. The Balaban J connectivity index is 1.87. The molecular formula is C15H16N2O2S. The van der Waals surface area contributed by atoms with Crippen molar-refractivity contribution < 1.29 is 9.59 Å². The SMILES string of the molecule is NC(=O)C1(NC(=O)c2cc3ccccc3s2)CCCC1. The molecule has 4 nitrogen and oxygen atoms in total. The fourth-order valence-corrected chi connectivity index (χ4v) is 3.74. The highest BCUT2D eigenvalue weighted by Gasteiger charge is 2.41. The van der Waals surface area contributed by atoms with Gasteiger partial charge in [-0.25, -0.2) is 0 Å². The molecule has 0 spiro atoms. The number of rotatable bonds is 3. The number of amides is 2. The molecule has 3 N–H and O–H groups in total. The van der Waals surface area contributed by atoms with Crippen LogP contribution in [0.5, 0.6) is 0 Å². The number of nitrogens with one attached hydrogen (secondary N) is 1. The van der Waals surface area contributed by atoms with Gasteiger partial charge in [-0.3, -0.25) is 9.59 Å². The standard InChI is InChI=1S/C15H16N2O2S/c16-14(19)15(7-3-4-8-15)17-13(18)12-9-10-5-1-2-6-11(10)20-12/h1-2,5-6,9H,3-4,7-8H2,(H2,16,19)(H,17,18). The second-order valence-corrected chi connectivity index (χ2v) is 6.34. The number of carbonyl (C=O) groups excluding carboxylic acids is 2. The summed E-state index contributed by atoms with van der Waals surface area (Å²) in [6, 6.07) is 9.71. The van der Waals surface area contributed by atoms with Gasteiger partial charge in [-0.15, -0.1) is 11.3 Å². The Bertz CT molecular complexity index is 638. The van der Waals surface area contributed by atoms with E-state index in [1.54, 1.807) is 0 Å². The molecule has 1 aromatic carbocycles. The van der Waals surface area contributed by atoms with E-state index in [4.69, 9.17) is 5.73 Å². The average molecular weight is 288 g/mol.